The molecule has 0 aliphatic heterocycles. The lowest BCUT2D eigenvalue weighted by Gasteiger charge is -2.07. The fourth-order valence-corrected chi connectivity index (χ4v) is 2.98. The van der Waals surface area contributed by atoms with Crippen LogP contribution in [0.1, 0.15) is 10.4 Å². The topological polar surface area (TPSA) is 29.1 Å². The number of thiol groups is 1. The Hall–Kier alpha value is -2.78. The number of hydrogen-bond acceptors (Lipinski definition) is 2. The van der Waals surface area contributed by atoms with Crippen molar-refractivity contribution < 1.29 is 4.79 Å². The Labute approximate surface area is 145 Å². The van der Waals surface area contributed by atoms with Crippen LogP contribution in [0.4, 0.5) is 5.69 Å². The molecular weight excluding hydrogens is 314 g/mol. The van der Waals surface area contributed by atoms with Crippen LogP contribution in [0, 0.1) is 0 Å². The van der Waals surface area contributed by atoms with E-state index in [0.717, 1.165) is 21.4 Å². The van der Waals surface area contributed by atoms with Gasteiger partial charge in [0.1, 0.15) is 0 Å². The van der Waals surface area contributed by atoms with E-state index in [2.05, 4.69) is 42.2 Å². The fraction of sp³-hybridized carbons (Fsp3) is 0. The molecule has 4 aromatic rings. The number of amides is 1. The molecule has 4 aromatic carbocycles. The van der Waals surface area contributed by atoms with Crippen molar-refractivity contribution in [2.24, 2.45) is 0 Å². The third-order valence-corrected chi connectivity index (χ3v) is 4.39. The predicted molar refractivity (Wildman–Crippen MR) is 103 cm³/mol. The van der Waals surface area contributed by atoms with Gasteiger partial charge in [-0.1, -0.05) is 30.3 Å². The molecule has 0 aliphatic carbocycles. The van der Waals surface area contributed by atoms with Gasteiger partial charge in [-0.15, -0.1) is 12.6 Å². The Balaban J connectivity index is 1.69. The summed E-state index contributed by atoms with van der Waals surface area (Å²) < 4.78 is 0. The van der Waals surface area contributed by atoms with Crippen LogP contribution >= 0.6 is 12.6 Å². The highest BCUT2D eigenvalue weighted by molar-refractivity contribution is 7.80. The maximum absolute atomic E-state index is 12.5. The number of carbonyl (C=O) groups excluding carboxylic acids is 1. The summed E-state index contributed by atoms with van der Waals surface area (Å²) >= 11 is 4.25. The monoisotopic (exact) mass is 329 g/mol. The zero-order valence-electron chi connectivity index (χ0n) is 12.9. The van der Waals surface area contributed by atoms with Gasteiger partial charge < -0.3 is 5.32 Å². The molecule has 1 amide bonds. The van der Waals surface area contributed by atoms with Crippen LogP contribution in [0.2, 0.25) is 0 Å². The first kappa shape index (κ1) is 14.8. The van der Waals surface area contributed by atoms with Gasteiger partial charge in [0.2, 0.25) is 0 Å². The Morgan fingerprint density at radius 3 is 2.04 bits per heavy atom. The molecule has 0 radical (unpaired) electrons. The standard InChI is InChI=1S/C21H15NOS/c23-21(22-19-7-9-20(24)10-8-19)17-6-5-16-11-14-3-1-2-4-15(14)12-18(16)13-17/h1-13,24H,(H,22,23). The summed E-state index contributed by atoms with van der Waals surface area (Å²) in [5.41, 5.74) is 1.41. The summed E-state index contributed by atoms with van der Waals surface area (Å²) in [5, 5.41) is 7.48. The lowest BCUT2D eigenvalue weighted by Crippen LogP contribution is -2.11. The second-order valence-electron chi connectivity index (χ2n) is 5.76. The molecule has 0 heterocycles. The highest BCUT2D eigenvalue weighted by Crippen LogP contribution is 2.24. The van der Waals surface area contributed by atoms with Crippen molar-refractivity contribution in [3.05, 3.63) is 84.4 Å². The Kier molecular flexibility index (Phi) is 3.71. The number of rotatable bonds is 2. The minimum atomic E-state index is -0.114. The molecular formula is C21H15NOS. The Morgan fingerprint density at radius 1 is 0.708 bits per heavy atom. The molecule has 0 aromatic heterocycles. The molecule has 0 bridgehead atoms. The van der Waals surface area contributed by atoms with Gasteiger partial charge in [0.25, 0.3) is 5.91 Å². The van der Waals surface area contributed by atoms with Crippen LogP contribution in [0.3, 0.4) is 0 Å². The number of carbonyl (C=O) groups is 1. The molecule has 0 aliphatic rings. The van der Waals surface area contributed by atoms with Crippen molar-refractivity contribution in [2.75, 3.05) is 5.32 Å². The van der Waals surface area contributed by atoms with E-state index in [9.17, 15) is 4.79 Å². The summed E-state index contributed by atoms with van der Waals surface area (Å²) in [5.74, 6) is -0.114. The average molecular weight is 329 g/mol. The summed E-state index contributed by atoms with van der Waals surface area (Å²) in [7, 11) is 0. The maximum atomic E-state index is 12.5. The van der Waals surface area contributed by atoms with Crippen LogP contribution in [0.25, 0.3) is 21.5 Å². The van der Waals surface area contributed by atoms with Crippen LogP contribution in [-0.2, 0) is 0 Å². The summed E-state index contributed by atoms with van der Waals surface area (Å²) in [6, 6.07) is 25.7. The van der Waals surface area contributed by atoms with Gasteiger partial charge in [-0.25, -0.2) is 0 Å². The molecule has 0 saturated carbocycles. The number of hydrogen-bond donors (Lipinski definition) is 2. The van der Waals surface area contributed by atoms with Crippen molar-refractivity contribution in [1.29, 1.82) is 0 Å². The van der Waals surface area contributed by atoms with Gasteiger partial charge in [0.05, 0.1) is 0 Å². The molecule has 2 nitrogen and oxygen atoms in total. The van der Waals surface area contributed by atoms with Crippen molar-refractivity contribution in [2.45, 2.75) is 4.90 Å². The van der Waals surface area contributed by atoms with Crippen LogP contribution in [0.5, 0.6) is 0 Å². The molecule has 24 heavy (non-hydrogen) atoms. The van der Waals surface area contributed by atoms with Gasteiger partial charge in [0.15, 0.2) is 0 Å². The summed E-state index contributed by atoms with van der Waals surface area (Å²) in [6.45, 7) is 0. The molecule has 0 fully saturated rings. The van der Waals surface area contributed by atoms with Gasteiger partial charge in [0, 0.05) is 16.1 Å². The van der Waals surface area contributed by atoms with Crippen LogP contribution < -0.4 is 5.32 Å². The average Bonchev–Trinajstić information content (AvgIpc) is 2.61. The number of nitrogens with one attached hydrogen (secondary N) is 1. The van der Waals surface area contributed by atoms with E-state index in [-0.39, 0.29) is 5.91 Å². The largest absolute Gasteiger partial charge is 0.322 e. The maximum Gasteiger partial charge on any atom is 0.255 e. The molecule has 0 atom stereocenters. The van der Waals surface area contributed by atoms with E-state index in [1.807, 2.05) is 54.6 Å². The van der Waals surface area contributed by atoms with E-state index < -0.39 is 0 Å². The van der Waals surface area contributed by atoms with E-state index in [0.29, 0.717) is 5.56 Å². The quantitative estimate of drug-likeness (QED) is 0.367. The molecule has 116 valence electrons. The third-order valence-electron chi connectivity index (χ3n) is 4.09. The second kappa shape index (κ2) is 6.02. The number of fused-ring (bicyclic) bond motifs is 2. The first-order valence-electron chi connectivity index (χ1n) is 7.72. The van der Waals surface area contributed by atoms with Gasteiger partial charge >= 0.3 is 0 Å². The van der Waals surface area contributed by atoms with E-state index in [4.69, 9.17) is 0 Å². The fourth-order valence-electron chi connectivity index (χ4n) is 2.83. The number of benzene rings is 4. The van der Waals surface area contributed by atoms with Crippen molar-refractivity contribution in [3.63, 3.8) is 0 Å². The second-order valence-corrected chi connectivity index (χ2v) is 6.28. The first-order chi connectivity index (χ1) is 11.7. The Bertz CT molecular complexity index is 1050. The molecule has 0 spiro atoms. The van der Waals surface area contributed by atoms with Crippen LogP contribution in [-0.4, -0.2) is 5.91 Å². The van der Waals surface area contributed by atoms with Crippen molar-refractivity contribution in [3.8, 4) is 0 Å². The lowest BCUT2D eigenvalue weighted by atomic mass is 10.0. The molecule has 1 N–H and O–H groups in total. The van der Waals surface area contributed by atoms with Gasteiger partial charge in [-0.3, -0.25) is 4.79 Å². The van der Waals surface area contributed by atoms with E-state index >= 15 is 0 Å². The van der Waals surface area contributed by atoms with Crippen LogP contribution in [0.15, 0.2) is 83.8 Å². The summed E-state index contributed by atoms with van der Waals surface area (Å²) in [4.78, 5) is 13.3. The highest BCUT2D eigenvalue weighted by atomic mass is 32.1. The lowest BCUT2D eigenvalue weighted by molar-refractivity contribution is 0.102. The Morgan fingerprint density at radius 2 is 1.33 bits per heavy atom. The van der Waals surface area contributed by atoms with E-state index in [1.54, 1.807) is 0 Å². The zero-order valence-corrected chi connectivity index (χ0v) is 13.8. The number of anilines is 1. The predicted octanol–water partition coefficient (Wildman–Crippen LogP) is 5.53. The smallest absolute Gasteiger partial charge is 0.255 e. The highest BCUT2D eigenvalue weighted by Gasteiger charge is 2.07. The van der Waals surface area contributed by atoms with Crippen molar-refractivity contribution in [1.82, 2.24) is 0 Å². The molecule has 4 rings (SSSR count). The van der Waals surface area contributed by atoms with Crippen molar-refractivity contribution >= 4 is 45.8 Å². The minimum absolute atomic E-state index is 0.114. The summed E-state index contributed by atoms with van der Waals surface area (Å²) in [6.07, 6.45) is 0. The van der Waals surface area contributed by atoms with Gasteiger partial charge in [-0.05, 0) is 70.1 Å². The molecule has 0 saturated heterocycles. The van der Waals surface area contributed by atoms with E-state index in [1.165, 1.54) is 10.8 Å². The molecule has 3 heteroatoms. The zero-order chi connectivity index (χ0) is 16.5. The van der Waals surface area contributed by atoms with Gasteiger partial charge in [-0.2, -0.15) is 0 Å². The third kappa shape index (κ3) is 2.86. The molecule has 0 unspecified atom stereocenters. The normalized spacial score (nSPS) is 10.9. The minimum Gasteiger partial charge on any atom is -0.322 e. The SMILES string of the molecule is O=C(Nc1ccc(S)cc1)c1ccc2cc3ccccc3cc2c1. The first-order valence-corrected chi connectivity index (χ1v) is 8.17.